The molecule has 236 valence electrons. The van der Waals surface area contributed by atoms with Crippen LogP contribution in [-0.2, 0) is 13.1 Å². The predicted molar refractivity (Wildman–Crippen MR) is 204 cm³/mol. The van der Waals surface area contributed by atoms with E-state index in [-0.39, 0.29) is 0 Å². The second-order valence-electron chi connectivity index (χ2n) is 12.3. The summed E-state index contributed by atoms with van der Waals surface area (Å²) in [6.45, 7) is 13.1. The molecule has 4 heteroatoms. The fraction of sp³-hybridized carbons (Fsp3) is 0.186. The number of hydrogen-bond donors (Lipinski definition) is 0. The first-order valence-electron chi connectivity index (χ1n) is 16.5. The Labute approximate surface area is 283 Å². The van der Waals surface area contributed by atoms with E-state index in [9.17, 15) is 0 Å². The summed E-state index contributed by atoms with van der Waals surface area (Å²) in [5, 5.41) is 1.30. The number of thiophene rings is 1. The van der Waals surface area contributed by atoms with Gasteiger partial charge in [-0.2, -0.15) is 0 Å². The van der Waals surface area contributed by atoms with Gasteiger partial charge in [0.2, 0.25) is 0 Å². The van der Waals surface area contributed by atoms with E-state index in [0.29, 0.717) is 13.1 Å². The number of rotatable bonds is 13. The lowest BCUT2D eigenvalue weighted by atomic mass is 10.1. The Morgan fingerprint density at radius 3 is 2.51 bits per heavy atom. The number of allylic oxidation sites excluding steroid dienone is 1. The Balaban J connectivity index is 1.23. The van der Waals surface area contributed by atoms with Crippen molar-refractivity contribution in [3.8, 4) is 10.4 Å². The summed E-state index contributed by atoms with van der Waals surface area (Å²) in [5.74, 6) is 1.02. The van der Waals surface area contributed by atoms with Crippen molar-refractivity contribution in [3.63, 3.8) is 0 Å². The Morgan fingerprint density at radius 1 is 0.915 bits per heavy atom. The number of anilines is 1. The monoisotopic (exact) mass is 633 g/mol. The second kappa shape index (κ2) is 15.1. The molecule has 0 saturated carbocycles. The highest BCUT2D eigenvalue weighted by molar-refractivity contribution is 7.22. The second-order valence-corrected chi connectivity index (χ2v) is 13.4. The van der Waals surface area contributed by atoms with Gasteiger partial charge in [-0.05, 0) is 88.9 Å². The van der Waals surface area contributed by atoms with Gasteiger partial charge in [-0.15, -0.1) is 11.3 Å². The fourth-order valence-electron chi connectivity index (χ4n) is 5.76. The normalized spacial score (nSPS) is 11.6. The smallest absolute Gasteiger partial charge is 0.128 e. The molecular formula is C43H43N3S. The molecular weight excluding hydrogens is 591 g/mol. The molecule has 0 N–H and O–H groups in total. The van der Waals surface area contributed by atoms with Crippen molar-refractivity contribution >= 4 is 39.3 Å². The first-order valence-corrected chi connectivity index (χ1v) is 17.3. The minimum Gasteiger partial charge on any atom is -0.360 e. The van der Waals surface area contributed by atoms with Gasteiger partial charge < -0.3 is 9.47 Å². The number of imidazole rings is 1. The first-order chi connectivity index (χ1) is 22.9. The van der Waals surface area contributed by atoms with Gasteiger partial charge in [0.05, 0.1) is 6.54 Å². The van der Waals surface area contributed by atoms with Gasteiger partial charge in [0.1, 0.15) is 5.82 Å². The number of aryl methyl sites for hydroxylation is 2. The molecule has 0 unspecified atom stereocenters. The largest absolute Gasteiger partial charge is 0.360 e. The molecule has 0 saturated heterocycles. The maximum Gasteiger partial charge on any atom is 0.128 e. The highest BCUT2D eigenvalue weighted by Crippen LogP contribution is 2.35. The van der Waals surface area contributed by atoms with Gasteiger partial charge in [-0.25, -0.2) is 4.98 Å². The molecule has 0 aliphatic heterocycles. The quantitative estimate of drug-likeness (QED) is 0.118. The molecule has 0 fully saturated rings. The average Bonchev–Trinajstić information content (AvgIpc) is 3.71. The van der Waals surface area contributed by atoms with E-state index >= 15 is 0 Å². The van der Waals surface area contributed by atoms with Gasteiger partial charge >= 0.3 is 0 Å². The molecule has 0 bridgehead atoms. The third kappa shape index (κ3) is 8.27. The summed E-state index contributed by atoms with van der Waals surface area (Å²) in [5.41, 5.74) is 9.69. The SMILES string of the molecule is C=C(/C=C\c1ccccc1C)CN(Cc1nccn1Cc1ccc(C=CCCC)cc1)c1ccc(-c2cc3ccc(C)cc3s2)cc1. The van der Waals surface area contributed by atoms with Gasteiger partial charge in [-0.1, -0.05) is 117 Å². The topological polar surface area (TPSA) is 21.1 Å². The number of hydrogen-bond acceptors (Lipinski definition) is 3. The standard InChI is InChI=1S/C43H43N3S/c1-5-6-7-11-35-15-17-36(18-16-35)30-45-26-25-44-43(45)31-46(29-33(3)14-19-37-12-9-8-10-34(37)4)40-23-21-38(22-24-40)42-28-39-20-13-32(2)27-41(39)47-42/h7-28H,3,5-6,29-31H2,1-2,4H3/b11-7?,19-14-. The van der Waals surface area contributed by atoms with Crippen LogP contribution in [0.3, 0.4) is 0 Å². The van der Waals surface area contributed by atoms with Crippen LogP contribution in [0.4, 0.5) is 5.69 Å². The number of aromatic nitrogens is 2. The summed E-state index contributed by atoms with van der Waals surface area (Å²) < 4.78 is 3.59. The van der Waals surface area contributed by atoms with Crippen LogP contribution < -0.4 is 4.90 Å². The predicted octanol–water partition coefficient (Wildman–Crippen LogP) is 11.5. The van der Waals surface area contributed by atoms with Crippen molar-refractivity contribution in [3.05, 3.63) is 167 Å². The molecule has 6 rings (SSSR count). The summed E-state index contributed by atoms with van der Waals surface area (Å²) in [7, 11) is 0. The highest BCUT2D eigenvalue weighted by atomic mass is 32.1. The van der Waals surface area contributed by atoms with E-state index in [2.05, 4.69) is 164 Å². The van der Waals surface area contributed by atoms with Crippen LogP contribution in [-0.4, -0.2) is 16.1 Å². The van der Waals surface area contributed by atoms with E-state index in [1.54, 1.807) is 0 Å². The van der Waals surface area contributed by atoms with Crippen LogP contribution in [0, 0.1) is 13.8 Å². The number of fused-ring (bicyclic) bond motifs is 1. The van der Waals surface area contributed by atoms with Crippen molar-refractivity contribution < 1.29 is 0 Å². The van der Waals surface area contributed by atoms with E-state index in [1.807, 2.05) is 17.5 Å². The van der Waals surface area contributed by atoms with Crippen LogP contribution in [0.25, 0.3) is 32.7 Å². The minimum absolute atomic E-state index is 0.670. The maximum atomic E-state index is 4.82. The van der Waals surface area contributed by atoms with E-state index in [0.717, 1.165) is 30.1 Å². The fourth-order valence-corrected chi connectivity index (χ4v) is 6.92. The lowest BCUT2D eigenvalue weighted by Crippen LogP contribution is -2.26. The van der Waals surface area contributed by atoms with Gasteiger partial charge in [0.15, 0.2) is 0 Å². The lowest BCUT2D eigenvalue weighted by molar-refractivity contribution is 0.695. The Hall–Kier alpha value is -4.93. The molecule has 0 aliphatic rings. The molecule has 0 amide bonds. The Morgan fingerprint density at radius 2 is 1.72 bits per heavy atom. The number of benzene rings is 4. The molecule has 2 heterocycles. The molecule has 47 heavy (non-hydrogen) atoms. The van der Waals surface area contributed by atoms with Gasteiger partial charge in [0, 0.05) is 40.7 Å². The van der Waals surface area contributed by atoms with Crippen LogP contribution >= 0.6 is 11.3 Å². The van der Waals surface area contributed by atoms with E-state index in [4.69, 9.17) is 4.98 Å². The van der Waals surface area contributed by atoms with Crippen LogP contribution in [0.2, 0.25) is 0 Å². The van der Waals surface area contributed by atoms with Crippen molar-refractivity contribution in [2.75, 3.05) is 11.4 Å². The molecule has 0 spiro atoms. The third-order valence-electron chi connectivity index (χ3n) is 8.51. The molecule has 2 aromatic heterocycles. The van der Waals surface area contributed by atoms with E-state index < -0.39 is 0 Å². The van der Waals surface area contributed by atoms with Crippen molar-refractivity contribution in [2.45, 2.75) is 46.7 Å². The molecule has 3 nitrogen and oxygen atoms in total. The number of unbranched alkanes of at least 4 members (excludes halogenated alkanes) is 1. The Kier molecular flexibility index (Phi) is 10.3. The minimum atomic E-state index is 0.670. The molecule has 0 radical (unpaired) electrons. The lowest BCUT2D eigenvalue weighted by Gasteiger charge is -2.25. The summed E-state index contributed by atoms with van der Waals surface area (Å²) in [4.78, 5) is 8.48. The van der Waals surface area contributed by atoms with E-state index in [1.165, 1.54) is 54.8 Å². The molecule has 4 aromatic carbocycles. The average molecular weight is 634 g/mol. The Bertz CT molecular complexity index is 2000. The van der Waals surface area contributed by atoms with Gasteiger partial charge in [0.25, 0.3) is 0 Å². The molecule has 0 atom stereocenters. The zero-order valence-corrected chi connectivity index (χ0v) is 28.5. The molecule has 0 aliphatic carbocycles. The van der Waals surface area contributed by atoms with Crippen molar-refractivity contribution in [1.82, 2.24) is 9.55 Å². The maximum absolute atomic E-state index is 4.82. The van der Waals surface area contributed by atoms with Gasteiger partial charge in [-0.3, -0.25) is 0 Å². The summed E-state index contributed by atoms with van der Waals surface area (Å²) in [6, 6.07) is 35.2. The summed E-state index contributed by atoms with van der Waals surface area (Å²) >= 11 is 1.85. The first kappa shape index (κ1) is 32.0. The highest BCUT2D eigenvalue weighted by Gasteiger charge is 2.14. The zero-order chi connectivity index (χ0) is 32.6. The number of nitrogens with zero attached hydrogens (tertiary/aromatic N) is 3. The van der Waals surface area contributed by atoms with Crippen molar-refractivity contribution in [1.29, 1.82) is 0 Å². The summed E-state index contributed by atoms with van der Waals surface area (Å²) in [6.07, 6.45) is 15.0. The van der Waals surface area contributed by atoms with Crippen molar-refractivity contribution in [2.24, 2.45) is 0 Å². The van der Waals surface area contributed by atoms with Crippen LogP contribution in [0.1, 0.15) is 53.4 Å². The van der Waals surface area contributed by atoms with Crippen LogP contribution in [0.15, 0.2) is 134 Å². The van der Waals surface area contributed by atoms with Crippen LogP contribution in [0.5, 0.6) is 0 Å². The third-order valence-corrected chi connectivity index (χ3v) is 9.65. The molecule has 6 aromatic rings. The zero-order valence-electron chi connectivity index (χ0n) is 27.7.